The normalized spacial score (nSPS) is 16.1. The van der Waals surface area contributed by atoms with Crippen molar-refractivity contribution in [2.45, 2.75) is 18.6 Å². The molecule has 1 N–H and O–H groups in total. The van der Waals surface area contributed by atoms with Crippen molar-refractivity contribution in [1.82, 2.24) is 15.0 Å². The summed E-state index contributed by atoms with van der Waals surface area (Å²) in [6.07, 6.45) is 0.211. The van der Waals surface area contributed by atoms with Gasteiger partial charge in [-0.1, -0.05) is 12.1 Å². The third kappa shape index (κ3) is 4.42. The number of methoxy groups -OCH3 is 1. The maximum Gasteiger partial charge on any atom is 0.405 e. The van der Waals surface area contributed by atoms with Gasteiger partial charge >= 0.3 is 6.18 Å². The van der Waals surface area contributed by atoms with Crippen molar-refractivity contribution in [3.63, 3.8) is 0 Å². The van der Waals surface area contributed by atoms with E-state index in [0.29, 0.717) is 28.3 Å². The Bertz CT molecular complexity index is 1070. The Morgan fingerprint density at radius 2 is 1.87 bits per heavy atom. The fourth-order valence-electron chi connectivity index (χ4n) is 3.42. The zero-order valence-corrected chi connectivity index (χ0v) is 16.4. The van der Waals surface area contributed by atoms with Gasteiger partial charge in [0.25, 0.3) is 0 Å². The molecule has 10 heteroatoms. The summed E-state index contributed by atoms with van der Waals surface area (Å²) >= 11 is 0. The molecule has 31 heavy (non-hydrogen) atoms. The van der Waals surface area contributed by atoms with Crippen LogP contribution >= 0.6 is 0 Å². The van der Waals surface area contributed by atoms with Crippen LogP contribution in [-0.4, -0.2) is 40.7 Å². The zero-order chi connectivity index (χ0) is 22.0. The molecule has 1 atom stereocenters. The molecule has 2 aromatic heterocycles. The van der Waals surface area contributed by atoms with Gasteiger partial charge in [0.05, 0.1) is 19.3 Å². The highest BCUT2D eigenvalue weighted by Gasteiger charge is 2.37. The Morgan fingerprint density at radius 3 is 2.52 bits per heavy atom. The number of halogens is 3. The predicted octanol–water partition coefficient (Wildman–Crippen LogP) is 3.53. The molecule has 3 aromatic rings. The molecule has 0 spiro atoms. The van der Waals surface area contributed by atoms with E-state index in [0.717, 1.165) is 0 Å². The molecule has 1 aliphatic heterocycles. The fraction of sp³-hybridized carbons (Fsp3) is 0.238. The number of hydrogen-bond donors (Lipinski definition) is 1. The molecular formula is C21H18F3N5O2. The second kappa shape index (κ2) is 8.21. The van der Waals surface area contributed by atoms with Crippen LogP contribution in [0.15, 0.2) is 55.0 Å². The number of nitrogens with zero attached hydrogens (tertiary/aromatic N) is 4. The van der Waals surface area contributed by atoms with Crippen LogP contribution < -0.4 is 15.0 Å². The third-order valence-corrected chi connectivity index (χ3v) is 4.88. The van der Waals surface area contributed by atoms with Gasteiger partial charge in [0, 0.05) is 29.8 Å². The summed E-state index contributed by atoms with van der Waals surface area (Å²) in [5.41, 5.74) is 2.32. The molecule has 0 aliphatic carbocycles. The Hall–Kier alpha value is -3.69. The zero-order valence-electron chi connectivity index (χ0n) is 16.4. The van der Waals surface area contributed by atoms with E-state index in [-0.39, 0.29) is 18.4 Å². The SMILES string of the molecule is COc1ccc(C2C(=O)N(c3ccncc3)Cc3cnc(NCC(F)(F)F)nc32)cc1. The number of aromatic nitrogens is 3. The number of alkyl halides is 3. The van der Waals surface area contributed by atoms with E-state index >= 15 is 0 Å². The number of anilines is 2. The summed E-state index contributed by atoms with van der Waals surface area (Å²) in [6, 6.07) is 10.4. The molecule has 0 saturated heterocycles. The number of ether oxygens (including phenoxy) is 1. The molecule has 1 amide bonds. The standard InChI is InChI=1S/C21H18F3N5O2/c1-31-16-4-2-13(3-5-16)17-18-14(10-26-20(28-18)27-12-21(22,23)24)11-29(19(17)30)15-6-8-25-9-7-15/h2-10,17H,11-12H2,1H3,(H,26,27,28). The maximum absolute atomic E-state index is 13.5. The number of amides is 1. The average Bonchev–Trinajstić information content (AvgIpc) is 2.77. The molecule has 0 radical (unpaired) electrons. The van der Waals surface area contributed by atoms with Crippen LogP contribution in [0.5, 0.6) is 5.75 Å². The van der Waals surface area contributed by atoms with Crippen molar-refractivity contribution in [1.29, 1.82) is 0 Å². The summed E-state index contributed by atoms with van der Waals surface area (Å²) in [4.78, 5) is 27.3. The number of fused-ring (bicyclic) bond motifs is 1. The lowest BCUT2D eigenvalue weighted by Gasteiger charge is -2.33. The highest BCUT2D eigenvalue weighted by molar-refractivity contribution is 6.01. The number of nitrogens with one attached hydrogen (secondary N) is 1. The van der Waals surface area contributed by atoms with Gasteiger partial charge in [-0.05, 0) is 29.8 Å². The van der Waals surface area contributed by atoms with Crippen LogP contribution in [0.25, 0.3) is 0 Å². The van der Waals surface area contributed by atoms with E-state index in [4.69, 9.17) is 4.74 Å². The summed E-state index contributed by atoms with van der Waals surface area (Å²) in [7, 11) is 1.53. The average molecular weight is 429 g/mol. The van der Waals surface area contributed by atoms with E-state index in [9.17, 15) is 18.0 Å². The first kappa shape index (κ1) is 20.6. The Morgan fingerprint density at radius 1 is 1.16 bits per heavy atom. The first-order valence-corrected chi connectivity index (χ1v) is 9.37. The van der Waals surface area contributed by atoms with Gasteiger partial charge in [0.1, 0.15) is 18.2 Å². The van der Waals surface area contributed by atoms with Gasteiger partial charge in [0.2, 0.25) is 11.9 Å². The monoisotopic (exact) mass is 429 g/mol. The van der Waals surface area contributed by atoms with E-state index in [2.05, 4.69) is 20.3 Å². The van der Waals surface area contributed by atoms with Gasteiger partial charge in [0.15, 0.2) is 0 Å². The summed E-state index contributed by atoms with van der Waals surface area (Å²) in [6.45, 7) is -1.07. The molecule has 0 fully saturated rings. The maximum atomic E-state index is 13.5. The molecule has 1 unspecified atom stereocenters. The van der Waals surface area contributed by atoms with Crippen molar-refractivity contribution < 1.29 is 22.7 Å². The van der Waals surface area contributed by atoms with Crippen LogP contribution in [-0.2, 0) is 11.3 Å². The smallest absolute Gasteiger partial charge is 0.405 e. The van der Waals surface area contributed by atoms with Crippen LogP contribution in [0.1, 0.15) is 22.7 Å². The van der Waals surface area contributed by atoms with E-state index in [1.807, 2.05) is 0 Å². The van der Waals surface area contributed by atoms with Gasteiger partial charge in [-0.3, -0.25) is 9.78 Å². The second-order valence-corrected chi connectivity index (χ2v) is 6.91. The van der Waals surface area contributed by atoms with E-state index in [1.54, 1.807) is 53.7 Å². The van der Waals surface area contributed by atoms with E-state index < -0.39 is 18.6 Å². The highest BCUT2D eigenvalue weighted by Crippen LogP contribution is 2.36. The van der Waals surface area contributed by atoms with Crippen LogP contribution in [0.2, 0.25) is 0 Å². The quantitative estimate of drug-likeness (QED) is 0.669. The predicted molar refractivity (Wildman–Crippen MR) is 107 cm³/mol. The van der Waals surface area contributed by atoms with Crippen molar-refractivity contribution >= 4 is 17.5 Å². The molecule has 1 aromatic carbocycles. The van der Waals surface area contributed by atoms with Gasteiger partial charge in [-0.25, -0.2) is 9.97 Å². The molecule has 160 valence electrons. The van der Waals surface area contributed by atoms with Gasteiger partial charge in [-0.2, -0.15) is 13.2 Å². The van der Waals surface area contributed by atoms with Crippen LogP contribution in [0, 0.1) is 0 Å². The Kier molecular flexibility index (Phi) is 5.45. The number of carbonyl (C=O) groups is 1. The summed E-state index contributed by atoms with van der Waals surface area (Å²) in [5, 5.41) is 2.18. The molecule has 4 rings (SSSR count). The molecule has 0 bridgehead atoms. The van der Waals surface area contributed by atoms with Crippen molar-refractivity contribution in [3.05, 3.63) is 71.8 Å². The Balaban J connectivity index is 1.76. The third-order valence-electron chi connectivity index (χ3n) is 4.88. The summed E-state index contributed by atoms with van der Waals surface area (Å²) in [5.74, 6) is -0.616. The molecule has 0 saturated carbocycles. The molecule has 7 nitrogen and oxygen atoms in total. The first-order chi connectivity index (χ1) is 14.9. The number of carbonyl (C=O) groups excluding carboxylic acids is 1. The first-order valence-electron chi connectivity index (χ1n) is 9.37. The Labute approximate surface area is 175 Å². The lowest BCUT2D eigenvalue weighted by atomic mass is 9.88. The van der Waals surface area contributed by atoms with Gasteiger partial charge in [-0.15, -0.1) is 0 Å². The number of benzene rings is 1. The topological polar surface area (TPSA) is 80.2 Å². The molecular weight excluding hydrogens is 411 g/mol. The molecule has 1 aliphatic rings. The lowest BCUT2D eigenvalue weighted by Crippen LogP contribution is -2.40. The number of pyridine rings is 1. The lowest BCUT2D eigenvalue weighted by molar-refractivity contribution is -0.120. The van der Waals surface area contributed by atoms with Crippen molar-refractivity contribution in [2.75, 3.05) is 23.9 Å². The van der Waals surface area contributed by atoms with Crippen molar-refractivity contribution in [2.24, 2.45) is 0 Å². The minimum atomic E-state index is -4.41. The largest absolute Gasteiger partial charge is 0.497 e. The fourth-order valence-corrected chi connectivity index (χ4v) is 3.42. The van der Waals surface area contributed by atoms with Crippen molar-refractivity contribution in [3.8, 4) is 5.75 Å². The van der Waals surface area contributed by atoms with Crippen LogP contribution in [0.3, 0.4) is 0 Å². The minimum Gasteiger partial charge on any atom is -0.497 e. The molecule has 3 heterocycles. The van der Waals surface area contributed by atoms with Gasteiger partial charge < -0.3 is 15.0 Å². The second-order valence-electron chi connectivity index (χ2n) is 6.91. The summed E-state index contributed by atoms with van der Waals surface area (Å²) < 4.78 is 43.0. The van der Waals surface area contributed by atoms with E-state index in [1.165, 1.54) is 13.3 Å². The minimum absolute atomic E-state index is 0.181. The van der Waals surface area contributed by atoms with Crippen LogP contribution in [0.4, 0.5) is 24.8 Å². The number of hydrogen-bond acceptors (Lipinski definition) is 6. The number of rotatable bonds is 5. The highest BCUT2D eigenvalue weighted by atomic mass is 19.4.